The van der Waals surface area contributed by atoms with E-state index in [4.69, 9.17) is 16.3 Å². The predicted octanol–water partition coefficient (Wildman–Crippen LogP) is 4.56. The van der Waals surface area contributed by atoms with Crippen molar-refractivity contribution in [3.8, 4) is 5.75 Å². The Balaban J connectivity index is 1.54. The Hall–Kier alpha value is -3.64. The van der Waals surface area contributed by atoms with E-state index in [0.717, 1.165) is 5.56 Å². The van der Waals surface area contributed by atoms with Gasteiger partial charge in [0.25, 0.3) is 5.91 Å². The van der Waals surface area contributed by atoms with Gasteiger partial charge in [0, 0.05) is 11.6 Å². The number of nitrogens with zero attached hydrogens (tertiary/aromatic N) is 1. The maximum atomic E-state index is 13.5. The largest absolute Gasteiger partial charge is 0.449 e. The van der Waals surface area contributed by atoms with Crippen molar-refractivity contribution in [2.45, 2.75) is 6.54 Å². The van der Waals surface area contributed by atoms with Crippen molar-refractivity contribution in [2.24, 2.45) is 0 Å². The number of nitrogens with one attached hydrogen (secondary N) is 1. The number of carbonyl (C=O) groups excluding carboxylic acids is 2. The van der Waals surface area contributed by atoms with E-state index < -0.39 is 11.7 Å². The number of halogens is 2. The normalized spacial score (nSPS) is 14.2. The molecule has 156 valence electrons. The van der Waals surface area contributed by atoms with E-state index in [1.54, 1.807) is 48.5 Å². The first kappa shape index (κ1) is 20.6. The molecule has 0 fully saturated rings. The van der Waals surface area contributed by atoms with Gasteiger partial charge in [0.05, 0.1) is 5.69 Å². The molecular formula is C24H18ClFN2O3. The number of benzene rings is 3. The molecule has 1 N–H and O–H groups in total. The third-order valence-corrected chi connectivity index (χ3v) is 4.93. The first-order chi connectivity index (χ1) is 15.0. The van der Waals surface area contributed by atoms with Gasteiger partial charge in [-0.3, -0.25) is 14.5 Å². The molecule has 7 heteroatoms. The zero-order chi connectivity index (χ0) is 21.8. The van der Waals surface area contributed by atoms with Gasteiger partial charge in [0.1, 0.15) is 12.4 Å². The summed E-state index contributed by atoms with van der Waals surface area (Å²) in [4.78, 5) is 27.0. The summed E-state index contributed by atoms with van der Waals surface area (Å²) in [5, 5.41) is 3.42. The molecule has 0 atom stereocenters. The topological polar surface area (TPSA) is 58.6 Å². The lowest BCUT2D eigenvalue weighted by Crippen LogP contribution is -2.44. The number of hydrogen-bond donors (Lipinski definition) is 1. The number of rotatable bonds is 5. The van der Waals surface area contributed by atoms with Crippen molar-refractivity contribution >= 4 is 35.2 Å². The molecule has 0 bridgehead atoms. The lowest BCUT2D eigenvalue weighted by molar-refractivity contribution is -0.123. The van der Waals surface area contributed by atoms with E-state index in [0.29, 0.717) is 28.6 Å². The van der Waals surface area contributed by atoms with Crippen LogP contribution in [0, 0.1) is 5.82 Å². The summed E-state index contributed by atoms with van der Waals surface area (Å²) in [5.41, 5.74) is 1.86. The fraction of sp³-hybridized carbons (Fsp3) is 0.0833. The maximum Gasteiger partial charge on any atom is 0.294 e. The molecule has 3 aromatic carbocycles. The van der Waals surface area contributed by atoms with Crippen LogP contribution in [0.5, 0.6) is 5.75 Å². The molecule has 4 rings (SSSR count). The van der Waals surface area contributed by atoms with Crippen LogP contribution in [-0.2, 0) is 16.1 Å². The summed E-state index contributed by atoms with van der Waals surface area (Å²) in [6, 6.07) is 19.9. The Kier molecular flexibility index (Phi) is 6.00. The van der Waals surface area contributed by atoms with E-state index in [1.807, 2.05) is 12.1 Å². The third kappa shape index (κ3) is 4.92. The SMILES string of the molecule is O=C(CN1C(=O)/C(=C\c2cccc(F)c2)Oc2ccccc21)NCc1ccc(Cl)cc1. The molecule has 0 unspecified atom stereocenters. The zero-order valence-corrected chi connectivity index (χ0v) is 17.1. The van der Waals surface area contributed by atoms with Gasteiger partial charge < -0.3 is 10.1 Å². The lowest BCUT2D eigenvalue weighted by atomic mass is 10.1. The van der Waals surface area contributed by atoms with Gasteiger partial charge in [0.15, 0.2) is 11.5 Å². The highest BCUT2D eigenvalue weighted by molar-refractivity contribution is 6.30. The van der Waals surface area contributed by atoms with Crippen molar-refractivity contribution in [3.05, 3.63) is 101 Å². The van der Waals surface area contributed by atoms with Crippen molar-refractivity contribution < 1.29 is 18.7 Å². The van der Waals surface area contributed by atoms with Crippen molar-refractivity contribution in [3.63, 3.8) is 0 Å². The van der Waals surface area contributed by atoms with Crippen LogP contribution in [0.2, 0.25) is 5.02 Å². The molecule has 0 aliphatic carbocycles. The molecule has 0 saturated heterocycles. The molecule has 1 aliphatic heterocycles. The minimum atomic E-state index is -0.482. The van der Waals surface area contributed by atoms with Gasteiger partial charge in [-0.05, 0) is 53.6 Å². The quantitative estimate of drug-likeness (QED) is 0.596. The monoisotopic (exact) mass is 436 g/mol. The molecular weight excluding hydrogens is 419 g/mol. The molecule has 0 radical (unpaired) electrons. The van der Waals surface area contributed by atoms with Crippen LogP contribution < -0.4 is 15.0 Å². The number of anilines is 1. The number of fused-ring (bicyclic) bond motifs is 1. The minimum Gasteiger partial charge on any atom is -0.449 e. The van der Waals surface area contributed by atoms with Gasteiger partial charge in [-0.15, -0.1) is 0 Å². The molecule has 0 saturated carbocycles. The molecule has 0 spiro atoms. The van der Waals surface area contributed by atoms with Crippen LogP contribution in [0.25, 0.3) is 6.08 Å². The minimum absolute atomic E-state index is 0.00908. The molecule has 5 nitrogen and oxygen atoms in total. The summed E-state index contributed by atoms with van der Waals surface area (Å²) in [7, 11) is 0. The molecule has 0 aromatic heterocycles. The second-order valence-corrected chi connectivity index (χ2v) is 7.36. The Morgan fingerprint density at radius 3 is 2.61 bits per heavy atom. The van der Waals surface area contributed by atoms with Gasteiger partial charge in [-0.1, -0.05) is 48.0 Å². The molecule has 1 aliphatic rings. The molecule has 3 aromatic rings. The van der Waals surface area contributed by atoms with Crippen molar-refractivity contribution in [2.75, 3.05) is 11.4 Å². The molecule has 2 amide bonds. The van der Waals surface area contributed by atoms with Crippen LogP contribution in [0.4, 0.5) is 10.1 Å². The molecule has 31 heavy (non-hydrogen) atoms. The number of amides is 2. The number of hydrogen-bond acceptors (Lipinski definition) is 3. The fourth-order valence-electron chi connectivity index (χ4n) is 3.17. The van der Waals surface area contributed by atoms with E-state index in [1.165, 1.54) is 23.1 Å². The summed E-state index contributed by atoms with van der Waals surface area (Å²) in [6.07, 6.45) is 1.46. The summed E-state index contributed by atoms with van der Waals surface area (Å²) >= 11 is 5.88. The Morgan fingerprint density at radius 2 is 1.84 bits per heavy atom. The van der Waals surface area contributed by atoms with Gasteiger partial charge in [-0.2, -0.15) is 0 Å². The average molecular weight is 437 g/mol. The fourth-order valence-corrected chi connectivity index (χ4v) is 3.30. The van der Waals surface area contributed by atoms with Crippen LogP contribution in [-0.4, -0.2) is 18.4 Å². The molecule has 1 heterocycles. The van der Waals surface area contributed by atoms with E-state index in [2.05, 4.69) is 5.32 Å². The third-order valence-electron chi connectivity index (χ3n) is 4.68. The van der Waals surface area contributed by atoms with Crippen LogP contribution in [0.3, 0.4) is 0 Å². The smallest absolute Gasteiger partial charge is 0.294 e. The lowest BCUT2D eigenvalue weighted by Gasteiger charge is -2.30. The second kappa shape index (κ2) is 9.02. The predicted molar refractivity (Wildman–Crippen MR) is 117 cm³/mol. The first-order valence-electron chi connectivity index (χ1n) is 9.57. The summed E-state index contributed by atoms with van der Waals surface area (Å²) in [6.45, 7) is 0.120. The standard InChI is InChI=1S/C24H18ClFN2O3/c25-18-10-8-16(9-11-18)14-27-23(29)15-28-20-6-1-2-7-21(20)31-22(24(28)30)13-17-4-3-5-19(26)12-17/h1-13H,14-15H2,(H,27,29)/b22-13+. The number of carbonyl (C=O) groups is 2. The van der Waals surface area contributed by atoms with Crippen LogP contribution in [0.15, 0.2) is 78.6 Å². The van der Waals surface area contributed by atoms with Crippen LogP contribution in [0.1, 0.15) is 11.1 Å². The number of para-hydroxylation sites is 2. The summed E-state index contributed by atoms with van der Waals surface area (Å²) < 4.78 is 19.3. The Morgan fingerprint density at radius 1 is 1.06 bits per heavy atom. The summed E-state index contributed by atoms with van der Waals surface area (Å²) in [5.74, 6) is -0.781. The first-order valence-corrected chi connectivity index (χ1v) is 9.94. The Bertz CT molecular complexity index is 1160. The Labute approximate surface area is 183 Å². The van der Waals surface area contributed by atoms with E-state index >= 15 is 0 Å². The maximum absolute atomic E-state index is 13.5. The highest BCUT2D eigenvalue weighted by Crippen LogP contribution is 2.35. The highest BCUT2D eigenvalue weighted by Gasteiger charge is 2.31. The second-order valence-electron chi connectivity index (χ2n) is 6.93. The van der Waals surface area contributed by atoms with Gasteiger partial charge in [-0.25, -0.2) is 4.39 Å². The van der Waals surface area contributed by atoms with Gasteiger partial charge >= 0.3 is 0 Å². The average Bonchev–Trinajstić information content (AvgIpc) is 2.76. The van der Waals surface area contributed by atoms with E-state index in [9.17, 15) is 14.0 Å². The van der Waals surface area contributed by atoms with Crippen molar-refractivity contribution in [1.82, 2.24) is 5.32 Å². The van der Waals surface area contributed by atoms with Gasteiger partial charge in [0.2, 0.25) is 5.91 Å². The van der Waals surface area contributed by atoms with Crippen LogP contribution >= 0.6 is 11.6 Å². The van der Waals surface area contributed by atoms with E-state index in [-0.39, 0.29) is 18.2 Å². The number of ether oxygens (including phenoxy) is 1. The highest BCUT2D eigenvalue weighted by atomic mass is 35.5. The van der Waals surface area contributed by atoms with Crippen molar-refractivity contribution in [1.29, 1.82) is 0 Å². The zero-order valence-electron chi connectivity index (χ0n) is 16.3.